The molecule has 0 unspecified atom stereocenters. The van der Waals surface area contributed by atoms with Crippen LogP contribution in [-0.2, 0) is 0 Å². The molecule has 0 saturated carbocycles. The molecule has 0 spiro atoms. The zero-order chi connectivity index (χ0) is 11.4. The lowest BCUT2D eigenvalue weighted by Crippen LogP contribution is -2.10. The SMILES string of the molecule is C=CCOc1nnc(C)c(C)c1C(=O)O. The van der Waals surface area contributed by atoms with Gasteiger partial charge in [-0.1, -0.05) is 12.7 Å². The molecule has 5 nitrogen and oxygen atoms in total. The molecule has 0 radical (unpaired) electrons. The summed E-state index contributed by atoms with van der Waals surface area (Å²) < 4.78 is 5.11. The molecule has 1 aromatic heterocycles. The highest BCUT2D eigenvalue weighted by atomic mass is 16.5. The van der Waals surface area contributed by atoms with Crippen LogP contribution in [0.2, 0.25) is 0 Å². The van der Waals surface area contributed by atoms with E-state index in [1.165, 1.54) is 6.08 Å². The van der Waals surface area contributed by atoms with Gasteiger partial charge in [-0.3, -0.25) is 0 Å². The van der Waals surface area contributed by atoms with Crippen LogP contribution in [0.25, 0.3) is 0 Å². The Bertz CT molecular complexity index is 402. The van der Waals surface area contributed by atoms with Gasteiger partial charge in [-0.05, 0) is 19.4 Å². The second kappa shape index (κ2) is 4.54. The van der Waals surface area contributed by atoms with E-state index in [0.717, 1.165) is 0 Å². The monoisotopic (exact) mass is 208 g/mol. The molecule has 0 aliphatic carbocycles. The fourth-order valence-electron chi connectivity index (χ4n) is 1.08. The largest absolute Gasteiger partial charge is 0.477 e. The number of nitrogens with zero attached hydrogens (tertiary/aromatic N) is 2. The van der Waals surface area contributed by atoms with Gasteiger partial charge in [-0.25, -0.2) is 4.79 Å². The Morgan fingerprint density at radius 2 is 2.20 bits per heavy atom. The average Bonchev–Trinajstić information content (AvgIpc) is 2.19. The van der Waals surface area contributed by atoms with E-state index in [2.05, 4.69) is 16.8 Å². The van der Waals surface area contributed by atoms with Crippen LogP contribution in [0, 0.1) is 13.8 Å². The summed E-state index contributed by atoms with van der Waals surface area (Å²) in [6.45, 7) is 7.05. The van der Waals surface area contributed by atoms with E-state index in [-0.39, 0.29) is 18.1 Å². The fraction of sp³-hybridized carbons (Fsp3) is 0.300. The summed E-state index contributed by atoms with van der Waals surface area (Å²) in [6, 6.07) is 0. The van der Waals surface area contributed by atoms with Gasteiger partial charge in [-0.2, -0.15) is 5.10 Å². The van der Waals surface area contributed by atoms with E-state index in [9.17, 15) is 4.79 Å². The second-order valence-corrected chi connectivity index (χ2v) is 3.00. The lowest BCUT2D eigenvalue weighted by Gasteiger charge is -2.08. The molecular formula is C10H12N2O3. The summed E-state index contributed by atoms with van der Waals surface area (Å²) in [6.07, 6.45) is 1.52. The number of ether oxygens (including phenoxy) is 1. The van der Waals surface area contributed by atoms with Crippen molar-refractivity contribution in [2.75, 3.05) is 6.61 Å². The highest BCUT2D eigenvalue weighted by molar-refractivity contribution is 5.91. The van der Waals surface area contributed by atoms with Crippen molar-refractivity contribution in [1.82, 2.24) is 10.2 Å². The third kappa shape index (κ3) is 2.31. The first-order valence-corrected chi connectivity index (χ1v) is 4.38. The molecular weight excluding hydrogens is 196 g/mol. The van der Waals surface area contributed by atoms with Gasteiger partial charge in [-0.15, -0.1) is 5.10 Å². The van der Waals surface area contributed by atoms with Crippen LogP contribution in [0.15, 0.2) is 12.7 Å². The molecule has 1 N–H and O–H groups in total. The first-order chi connectivity index (χ1) is 7.07. The molecule has 0 aliphatic heterocycles. The zero-order valence-electron chi connectivity index (χ0n) is 8.65. The number of aryl methyl sites for hydroxylation is 1. The Hall–Kier alpha value is -1.91. The normalized spacial score (nSPS) is 9.73. The maximum Gasteiger partial charge on any atom is 0.341 e. The number of carbonyl (C=O) groups is 1. The third-order valence-electron chi connectivity index (χ3n) is 1.97. The summed E-state index contributed by atoms with van der Waals surface area (Å²) in [4.78, 5) is 11.0. The minimum Gasteiger partial charge on any atom is -0.477 e. The van der Waals surface area contributed by atoms with E-state index in [1.54, 1.807) is 13.8 Å². The summed E-state index contributed by atoms with van der Waals surface area (Å²) in [5.74, 6) is -1.03. The van der Waals surface area contributed by atoms with Crippen molar-refractivity contribution in [1.29, 1.82) is 0 Å². The van der Waals surface area contributed by atoms with Crippen molar-refractivity contribution in [3.8, 4) is 5.88 Å². The Labute approximate surface area is 87.4 Å². The number of rotatable bonds is 4. The average molecular weight is 208 g/mol. The molecule has 0 aliphatic rings. The highest BCUT2D eigenvalue weighted by Gasteiger charge is 2.18. The van der Waals surface area contributed by atoms with E-state index >= 15 is 0 Å². The molecule has 5 heteroatoms. The molecule has 0 bridgehead atoms. The first kappa shape index (κ1) is 11.2. The van der Waals surface area contributed by atoms with Crippen LogP contribution in [0.1, 0.15) is 21.6 Å². The van der Waals surface area contributed by atoms with Crippen LogP contribution in [0.3, 0.4) is 0 Å². The Kier molecular flexibility index (Phi) is 3.38. The molecule has 15 heavy (non-hydrogen) atoms. The van der Waals surface area contributed by atoms with Crippen molar-refractivity contribution >= 4 is 5.97 Å². The molecule has 1 heterocycles. The second-order valence-electron chi connectivity index (χ2n) is 3.00. The van der Waals surface area contributed by atoms with Gasteiger partial charge in [0.25, 0.3) is 0 Å². The quantitative estimate of drug-likeness (QED) is 0.756. The summed E-state index contributed by atoms with van der Waals surface area (Å²) in [7, 11) is 0. The van der Waals surface area contributed by atoms with E-state index in [1.807, 2.05) is 0 Å². The van der Waals surface area contributed by atoms with Crippen molar-refractivity contribution < 1.29 is 14.6 Å². The van der Waals surface area contributed by atoms with Crippen molar-refractivity contribution in [3.05, 3.63) is 29.5 Å². The Balaban J connectivity index is 3.20. The molecule has 1 rings (SSSR count). The minimum absolute atomic E-state index is 0.0329. The topological polar surface area (TPSA) is 72.3 Å². The summed E-state index contributed by atoms with van der Waals surface area (Å²) in [5.41, 5.74) is 1.21. The maximum atomic E-state index is 11.0. The van der Waals surface area contributed by atoms with Crippen LogP contribution < -0.4 is 4.74 Å². The number of hydrogen-bond donors (Lipinski definition) is 1. The lowest BCUT2D eigenvalue weighted by molar-refractivity contribution is 0.0690. The smallest absolute Gasteiger partial charge is 0.341 e. The Morgan fingerprint density at radius 1 is 1.53 bits per heavy atom. The first-order valence-electron chi connectivity index (χ1n) is 4.38. The van der Waals surface area contributed by atoms with Crippen LogP contribution in [-0.4, -0.2) is 27.9 Å². The van der Waals surface area contributed by atoms with E-state index in [0.29, 0.717) is 11.3 Å². The number of hydrogen-bond acceptors (Lipinski definition) is 4. The molecule has 0 fully saturated rings. The zero-order valence-corrected chi connectivity index (χ0v) is 8.65. The maximum absolute atomic E-state index is 11.0. The van der Waals surface area contributed by atoms with Crippen LogP contribution in [0.5, 0.6) is 5.88 Å². The van der Waals surface area contributed by atoms with Crippen molar-refractivity contribution in [2.45, 2.75) is 13.8 Å². The van der Waals surface area contributed by atoms with Gasteiger partial charge in [0, 0.05) is 0 Å². The molecule has 80 valence electrons. The fourth-order valence-corrected chi connectivity index (χ4v) is 1.08. The van der Waals surface area contributed by atoms with Crippen LogP contribution >= 0.6 is 0 Å². The van der Waals surface area contributed by atoms with Crippen molar-refractivity contribution in [3.63, 3.8) is 0 Å². The van der Waals surface area contributed by atoms with E-state index < -0.39 is 5.97 Å². The van der Waals surface area contributed by atoms with Gasteiger partial charge in [0.05, 0.1) is 5.69 Å². The molecule has 0 saturated heterocycles. The molecule has 0 amide bonds. The molecule has 0 atom stereocenters. The lowest BCUT2D eigenvalue weighted by atomic mass is 10.1. The third-order valence-corrected chi connectivity index (χ3v) is 1.97. The van der Waals surface area contributed by atoms with Crippen molar-refractivity contribution in [2.24, 2.45) is 0 Å². The van der Waals surface area contributed by atoms with Crippen LogP contribution in [0.4, 0.5) is 0 Å². The summed E-state index contributed by atoms with van der Waals surface area (Å²) >= 11 is 0. The number of aromatic nitrogens is 2. The van der Waals surface area contributed by atoms with Gasteiger partial charge < -0.3 is 9.84 Å². The van der Waals surface area contributed by atoms with Gasteiger partial charge >= 0.3 is 5.97 Å². The number of aromatic carboxylic acids is 1. The van der Waals surface area contributed by atoms with Gasteiger partial charge in [0.2, 0.25) is 5.88 Å². The predicted molar refractivity (Wildman–Crippen MR) is 54.2 cm³/mol. The van der Waals surface area contributed by atoms with Gasteiger partial charge in [0.15, 0.2) is 0 Å². The molecule has 1 aromatic rings. The predicted octanol–water partition coefficient (Wildman–Crippen LogP) is 1.36. The van der Waals surface area contributed by atoms with E-state index in [4.69, 9.17) is 9.84 Å². The standard InChI is InChI=1S/C10H12N2O3/c1-4-5-15-9-8(10(13)14)6(2)7(3)11-12-9/h4H,1,5H2,2-3H3,(H,13,14). The van der Waals surface area contributed by atoms with Gasteiger partial charge in [0.1, 0.15) is 12.2 Å². The Morgan fingerprint density at radius 3 is 2.73 bits per heavy atom. The molecule has 0 aromatic carbocycles. The number of carboxylic acid groups (broad SMARTS) is 1. The highest BCUT2D eigenvalue weighted by Crippen LogP contribution is 2.20. The number of carboxylic acids is 1. The minimum atomic E-state index is -1.07. The summed E-state index contributed by atoms with van der Waals surface area (Å²) in [5, 5.41) is 16.5.